The molecule has 0 spiro atoms. The molecule has 0 aliphatic carbocycles. The molecule has 0 aliphatic rings. The van der Waals surface area contributed by atoms with E-state index >= 15 is 0 Å². The number of rotatable bonds is 0. The van der Waals surface area contributed by atoms with Gasteiger partial charge < -0.3 is 4.70 Å². The van der Waals surface area contributed by atoms with Gasteiger partial charge in [0.25, 0.3) is 0 Å². The SMILES string of the molecule is CS(=O)(=O)C(F)(F)[18F].FCF.O=S=O.[18F-]. The Kier molecular flexibility index (Phi) is 18.2. The van der Waals surface area contributed by atoms with Crippen molar-refractivity contribution < 1.29 is 43.5 Å². The zero-order chi connectivity index (χ0) is 12.4. The first-order valence-corrected chi connectivity index (χ1v) is 4.94. The van der Waals surface area contributed by atoms with Crippen molar-refractivity contribution in [1.82, 2.24) is 0 Å². The van der Waals surface area contributed by atoms with Crippen LogP contribution < -0.4 is 4.70 Å². The Labute approximate surface area is 84.4 Å². The van der Waals surface area contributed by atoms with E-state index in [1.54, 1.807) is 0 Å². The van der Waals surface area contributed by atoms with Crippen LogP contribution in [0.2, 0.25) is 0 Å². The molecule has 0 aromatic rings. The standard InChI is InChI=1S/C2H3F3O2S.CH2F2.FH.O2S/c1-8(6,7)2(3,4)5;2-1-3;;1-3-2/h1H3;1H2;1H;/p-1/i3-1;;1-1;. The molecule has 0 aromatic carbocycles. The van der Waals surface area contributed by atoms with Crippen LogP contribution in [0.4, 0.5) is 22.0 Å². The summed E-state index contributed by atoms with van der Waals surface area (Å²) in [5.41, 5.74) is -5.09. The van der Waals surface area contributed by atoms with E-state index in [1.807, 2.05) is 0 Å². The Balaban J connectivity index is -0.0000000733. The predicted molar refractivity (Wildman–Crippen MR) is 36.9 cm³/mol. The molecule has 0 rings (SSSR count). The van der Waals surface area contributed by atoms with Gasteiger partial charge in [0.1, 0.15) is 0 Å². The van der Waals surface area contributed by atoms with Crippen molar-refractivity contribution in [3.8, 4) is 0 Å². The number of alkyl halides is 5. The average Bonchev–Trinajstić information content (AvgIpc) is 1.85. The van der Waals surface area contributed by atoms with Crippen LogP contribution in [0.25, 0.3) is 0 Å². The lowest BCUT2D eigenvalue weighted by atomic mass is 11.5. The Morgan fingerprint density at radius 1 is 1.13 bits per heavy atom. The normalized spacial score (nSPS) is 9.47. The summed E-state index contributed by atoms with van der Waals surface area (Å²) in [6, 6.07) is 0. The minimum Gasteiger partial charge on any atom is -1.00 e. The summed E-state index contributed by atoms with van der Waals surface area (Å²) in [4.78, 5) is 0. The van der Waals surface area contributed by atoms with E-state index in [0.29, 0.717) is 0 Å². The zero-order valence-electron chi connectivity index (χ0n) is 6.92. The highest BCUT2D eigenvalue weighted by atomic mass is 32.2. The average molecular weight is 281 g/mol. The zero-order valence-corrected chi connectivity index (χ0v) is 8.56. The monoisotopic (exact) mass is 281 g/mol. The fourth-order valence-corrected chi connectivity index (χ4v) is 0. The predicted octanol–water partition coefficient (Wildman–Crippen LogP) is -2.23. The van der Waals surface area contributed by atoms with Gasteiger partial charge in [-0.15, -0.1) is 0 Å². The lowest BCUT2D eigenvalue weighted by Gasteiger charge is -1.99. The highest BCUT2D eigenvalue weighted by Gasteiger charge is 2.41. The van der Waals surface area contributed by atoms with Gasteiger partial charge in [0, 0.05) is 6.26 Å². The van der Waals surface area contributed by atoms with Crippen molar-refractivity contribution in [2.24, 2.45) is 0 Å². The fourth-order valence-electron chi connectivity index (χ4n) is 0. The number of hydrogen-bond donors (Lipinski definition) is 0. The number of hydrogen-bond acceptors (Lipinski definition) is 4. The van der Waals surface area contributed by atoms with E-state index in [4.69, 9.17) is 8.42 Å². The Bertz CT molecular complexity index is 252. The van der Waals surface area contributed by atoms with Gasteiger partial charge in [-0.05, 0) is 0 Å². The van der Waals surface area contributed by atoms with Gasteiger partial charge in [-0.25, -0.2) is 17.2 Å². The summed E-state index contributed by atoms with van der Waals surface area (Å²) in [6.45, 7) is -1.75. The first-order chi connectivity index (χ1) is 6.08. The van der Waals surface area contributed by atoms with Crippen molar-refractivity contribution >= 4 is 21.4 Å². The molecule has 0 amide bonds. The van der Waals surface area contributed by atoms with Gasteiger partial charge in [0.2, 0.25) is 16.8 Å². The van der Waals surface area contributed by atoms with Gasteiger partial charge in [-0.1, -0.05) is 0 Å². The molecular formula is C3H5F6O4S2-. The molecule has 96 valence electrons. The molecule has 12 heteroatoms. The molecule has 0 aliphatic heterocycles. The summed E-state index contributed by atoms with van der Waals surface area (Å²) in [5.74, 6) is 0. The fraction of sp³-hybridized carbons (Fsp3) is 1.00. The van der Waals surface area contributed by atoms with E-state index in [2.05, 4.69) is 0 Å². The molecule has 0 N–H and O–H groups in total. The molecule has 0 saturated heterocycles. The third-order valence-electron chi connectivity index (χ3n) is 0.420. The van der Waals surface area contributed by atoms with Crippen LogP contribution in [0.1, 0.15) is 0 Å². The van der Waals surface area contributed by atoms with Gasteiger partial charge >= 0.3 is 17.1 Å². The van der Waals surface area contributed by atoms with Crippen LogP contribution in [0.3, 0.4) is 0 Å². The van der Waals surface area contributed by atoms with Gasteiger partial charge in [0.05, 0.1) is 0 Å². The van der Waals surface area contributed by atoms with Crippen molar-refractivity contribution in [1.29, 1.82) is 0 Å². The topological polar surface area (TPSA) is 68.3 Å². The molecule has 0 fully saturated rings. The van der Waals surface area contributed by atoms with E-state index in [9.17, 15) is 30.4 Å². The van der Waals surface area contributed by atoms with Crippen LogP contribution in [-0.2, 0) is 21.4 Å². The van der Waals surface area contributed by atoms with Gasteiger partial charge in [-0.3, -0.25) is 0 Å². The van der Waals surface area contributed by atoms with Crippen LogP contribution in [0, 0.1) is 0 Å². The maximum atomic E-state index is 11.0. The van der Waals surface area contributed by atoms with Crippen LogP contribution in [0.15, 0.2) is 0 Å². The minimum atomic E-state index is -5.09. The largest absolute Gasteiger partial charge is 1.00 e. The Morgan fingerprint density at radius 2 is 1.20 bits per heavy atom. The molecule has 0 heterocycles. The van der Waals surface area contributed by atoms with Crippen molar-refractivity contribution in [3.63, 3.8) is 0 Å². The Morgan fingerprint density at radius 3 is 1.20 bits per heavy atom. The van der Waals surface area contributed by atoms with E-state index in [1.165, 1.54) is 0 Å². The summed E-state index contributed by atoms with van der Waals surface area (Å²) >= 11 is -0.750. The molecule has 15 heavy (non-hydrogen) atoms. The molecule has 0 unspecified atom stereocenters. The molecule has 0 bridgehead atoms. The van der Waals surface area contributed by atoms with E-state index in [-0.39, 0.29) is 11.0 Å². The maximum absolute atomic E-state index is 11.0. The van der Waals surface area contributed by atoms with Crippen LogP contribution in [0.5, 0.6) is 0 Å². The van der Waals surface area contributed by atoms with Crippen molar-refractivity contribution in [2.75, 3.05) is 13.2 Å². The molecular weight excluding hydrogens is 276 g/mol. The summed E-state index contributed by atoms with van der Waals surface area (Å²) in [5, 5.41) is 0. The second-order valence-electron chi connectivity index (χ2n) is 1.39. The first kappa shape index (κ1) is 23.9. The third kappa shape index (κ3) is 24.7. The molecule has 0 saturated carbocycles. The lowest BCUT2D eigenvalue weighted by molar-refractivity contribution is -0.0429. The lowest BCUT2D eigenvalue weighted by Crippen LogP contribution is -3.00. The molecule has 0 radical (unpaired) electrons. The summed E-state index contributed by atoms with van der Waals surface area (Å²) in [7, 11) is -4.84. The quantitative estimate of drug-likeness (QED) is 0.471. The van der Waals surface area contributed by atoms with Gasteiger partial charge in [-0.2, -0.15) is 21.6 Å². The smallest absolute Gasteiger partial charge is 0.497 e. The maximum Gasteiger partial charge on any atom is 0.497 e. The van der Waals surface area contributed by atoms with Crippen molar-refractivity contribution in [3.05, 3.63) is 0 Å². The molecule has 4 nitrogen and oxygen atoms in total. The first-order valence-electron chi connectivity index (χ1n) is 2.38. The van der Waals surface area contributed by atoms with Crippen LogP contribution in [-0.4, -0.2) is 35.5 Å². The highest BCUT2D eigenvalue weighted by Crippen LogP contribution is 2.20. The van der Waals surface area contributed by atoms with Crippen LogP contribution >= 0.6 is 0 Å². The van der Waals surface area contributed by atoms with E-state index in [0.717, 1.165) is 0 Å². The number of sulfone groups is 1. The number of halogens is 6. The second kappa shape index (κ2) is 11.4. The second-order valence-corrected chi connectivity index (χ2v) is 3.53. The highest BCUT2D eigenvalue weighted by molar-refractivity contribution is 7.91. The Hall–Kier alpha value is -0.650. The summed E-state index contributed by atoms with van der Waals surface area (Å²) < 4.78 is 87.8. The molecule has 0 atom stereocenters. The van der Waals surface area contributed by atoms with E-state index < -0.39 is 33.8 Å². The third-order valence-corrected chi connectivity index (χ3v) is 1.26. The molecule has 0 aromatic heterocycles. The van der Waals surface area contributed by atoms with Crippen molar-refractivity contribution in [2.45, 2.75) is 5.51 Å². The summed E-state index contributed by atoms with van der Waals surface area (Å²) in [6.07, 6.45) is 0.118. The minimum absolute atomic E-state index is 0. The van der Waals surface area contributed by atoms with Gasteiger partial charge in [0.15, 0.2) is 0 Å².